The molecule has 0 aliphatic rings. The first kappa shape index (κ1) is 15.2. The SMILES string of the molecule is CCCCC=CC=CC=CCCCCCC. The Morgan fingerprint density at radius 2 is 1.12 bits per heavy atom. The van der Waals surface area contributed by atoms with Gasteiger partial charge in [0.25, 0.3) is 0 Å². The highest BCUT2D eigenvalue weighted by atomic mass is 13.9. The molecule has 0 spiro atoms. The maximum Gasteiger partial charge on any atom is -0.0348 e. The van der Waals surface area contributed by atoms with E-state index in [0.717, 1.165) is 0 Å². The van der Waals surface area contributed by atoms with Gasteiger partial charge in [-0.05, 0) is 19.3 Å². The zero-order valence-corrected chi connectivity index (χ0v) is 11.1. The van der Waals surface area contributed by atoms with Crippen molar-refractivity contribution in [2.45, 2.75) is 65.2 Å². The van der Waals surface area contributed by atoms with E-state index in [1.165, 1.54) is 51.4 Å². The third kappa shape index (κ3) is 13.2. The van der Waals surface area contributed by atoms with Gasteiger partial charge in [0.05, 0.1) is 0 Å². The molecule has 0 fully saturated rings. The molecule has 0 aliphatic carbocycles. The Labute approximate surface area is 102 Å². The van der Waals surface area contributed by atoms with E-state index in [-0.39, 0.29) is 0 Å². The average Bonchev–Trinajstić information content (AvgIpc) is 2.31. The van der Waals surface area contributed by atoms with Crippen LogP contribution in [-0.4, -0.2) is 0 Å². The summed E-state index contributed by atoms with van der Waals surface area (Å²) in [6.07, 6.45) is 23.5. The van der Waals surface area contributed by atoms with Crippen molar-refractivity contribution in [2.75, 3.05) is 0 Å². The molecule has 0 aromatic rings. The monoisotopic (exact) mass is 220 g/mol. The fourth-order valence-electron chi connectivity index (χ4n) is 1.49. The lowest BCUT2D eigenvalue weighted by atomic mass is 10.1. The Morgan fingerprint density at radius 3 is 1.69 bits per heavy atom. The van der Waals surface area contributed by atoms with E-state index < -0.39 is 0 Å². The fourth-order valence-corrected chi connectivity index (χ4v) is 1.49. The molecular weight excluding hydrogens is 192 g/mol. The second kappa shape index (κ2) is 14.2. The van der Waals surface area contributed by atoms with Crippen molar-refractivity contribution in [1.29, 1.82) is 0 Å². The fraction of sp³-hybridized carbons (Fsp3) is 0.625. The van der Waals surface area contributed by atoms with E-state index in [1.807, 2.05) is 0 Å². The summed E-state index contributed by atoms with van der Waals surface area (Å²) in [5.41, 5.74) is 0. The maximum atomic E-state index is 2.27. The summed E-state index contributed by atoms with van der Waals surface area (Å²) in [7, 11) is 0. The number of allylic oxidation sites excluding steroid dienone is 6. The van der Waals surface area contributed by atoms with Crippen molar-refractivity contribution in [1.82, 2.24) is 0 Å². The Bertz CT molecular complexity index is 196. The minimum absolute atomic E-state index is 1.21. The van der Waals surface area contributed by atoms with Gasteiger partial charge in [-0.15, -0.1) is 0 Å². The van der Waals surface area contributed by atoms with E-state index >= 15 is 0 Å². The van der Waals surface area contributed by atoms with Crippen LogP contribution in [0, 0.1) is 0 Å². The van der Waals surface area contributed by atoms with Crippen molar-refractivity contribution in [3.8, 4) is 0 Å². The molecule has 0 saturated carbocycles. The van der Waals surface area contributed by atoms with E-state index in [2.05, 4.69) is 50.3 Å². The number of hydrogen-bond donors (Lipinski definition) is 0. The Morgan fingerprint density at radius 1 is 0.562 bits per heavy atom. The first-order chi connectivity index (χ1) is 7.91. The van der Waals surface area contributed by atoms with Gasteiger partial charge in [0.2, 0.25) is 0 Å². The van der Waals surface area contributed by atoms with Crippen molar-refractivity contribution >= 4 is 0 Å². The van der Waals surface area contributed by atoms with Gasteiger partial charge >= 0.3 is 0 Å². The van der Waals surface area contributed by atoms with Gasteiger partial charge in [0, 0.05) is 0 Å². The Balaban J connectivity index is 3.30. The van der Waals surface area contributed by atoms with Crippen LogP contribution in [0.1, 0.15) is 65.2 Å². The Hall–Kier alpha value is -0.780. The molecular formula is C16H28. The van der Waals surface area contributed by atoms with Crippen LogP contribution in [0.3, 0.4) is 0 Å². The number of hydrogen-bond acceptors (Lipinski definition) is 0. The average molecular weight is 220 g/mol. The largest absolute Gasteiger partial charge is 0.0845 e. The molecule has 0 aliphatic heterocycles. The second-order valence-electron chi connectivity index (χ2n) is 4.23. The highest BCUT2D eigenvalue weighted by molar-refractivity contribution is 5.10. The summed E-state index contributed by atoms with van der Waals surface area (Å²) in [5.74, 6) is 0. The molecule has 0 bridgehead atoms. The van der Waals surface area contributed by atoms with Crippen LogP contribution in [0.2, 0.25) is 0 Å². The first-order valence-corrected chi connectivity index (χ1v) is 6.90. The van der Waals surface area contributed by atoms with Gasteiger partial charge in [-0.1, -0.05) is 82.4 Å². The predicted molar refractivity (Wildman–Crippen MR) is 75.7 cm³/mol. The van der Waals surface area contributed by atoms with Gasteiger partial charge in [-0.2, -0.15) is 0 Å². The summed E-state index contributed by atoms with van der Waals surface area (Å²) in [6, 6.07) is 0. The molecule has 0 saturated heterocycles. The zero-order valence-electron chi connectivity index (χ0n) is 11.1. The van der Waals surface area contributed by atoms with Crippen LogP contribution in [0.5, 0.6) is 0 Å². The van der Waals surface area contributed by atoms with Crippen molar-refractivity contribution in [3.63, 3.8) is 0 Å². The lowest BCUT2D eigenvalue weighted by molar-refractivity contribution is 0.674. The van der Waals surface area contributed by atoms with Crippen LogP contribution in [0.25, 0.3) is 0 Å². The summed E-state index contributed by atoms with van der Waals surface area (Å²) < 4.78 is 0. The molecule has 0 heterocycles. The van der Waals surface area contributed by atoms with Gasteiger partial charge in [-0.25, -0.2) is 0 Å². The molecule has 0 radical (unpaired) electrons. The standard InChI is InChI=1S/C16H28/c1-3-5-7-9-11-13-15-16-14-12-10-8-6-4-2/h9,11,13-16H,3-8,10,12H2,1-2H3. The minimum atomic E-state index is 1.21. The minimum Gasteiger partial charge on any atom is -0.0845 e. The molecule has 0 heteroatoms. The van der Waals surface area contributed by atoms with Crippen molar-refractivity contribution in [2.24, 2.45) is 0 Å². The number of rotatable bonds is 10. The number of unbranched alkanes of at least 4 members (excludes halogenated alkanes) is 6. The van der Waals surface area contributed by atoms with E-state index in [0.29, 0.717) is 0 Å². The molecule has 0 aromatic heterocycles. The van der Waals surface area contributed by atoms with Crippen LogP contribution in [0.15, 0.2) is 36.5 Å². The van der Waals surface area contributed by atoms with Crippen molar-refractivity contribution < 1.29 is 0 Å². The third-order valence-corrected chi connectivity index (χ3v) is 2.55. The molecule has 0 unspecified atom stereocenters. The van der Waals surface area contributed by atoms with Crippen LogP contribution >= 0.6 is 0 Å². The molecule has 0 N–H and O–H groups in total. The topological polar surface area (TPSA) is 0 Å². The lowest BCUT2D eigenvalue weighted by Crippen LogP contribution is -1.72. The molecule has 0 aromatic carbocycles. The van der Waals surface area contributed by atoms with Crippen LogP contribution in [-0.2, 0) is 0 Å². The lowest BCUT2D eigenvalue weighted by Gasteiger charge is -1.92. The normalized spacial score (nSPS) is 12.4. The summed E-state index contributed by atoms with van der Waals surface area (Å²) in [4.78, 5) is 0. The highest BCUT2D eigenvalue weighted by Crippen LogP contribution is 2.02. The summed E-state index contributed by atoms with van der Waals surface area (Å²) >= 11 is 0. The molecule has 0 amide bonds. The molecule has 92 valence electrons. The summed E-state index contributed by atoms with van der Waals surface area (Å²) in [6.45, 7) is 4.48. The second-order valence-corrected chi connectivity index (χ2v) is 4.23. The van der Waals surface area contributed by atoms with Gasteiger partial charge < -0.3 is 0 Å². The summed E-state index contributed by atoms with van der Waals surface area (Å²) in [5, 5.41) is 0. The third-order valence-electron chi connectivity index (χ3n) is 2.55. The smallest absolute Gasteiger partial charge is 0.0348 e. The molecule has 16 heavy (non-hydrogen) atoms. The van der Waals surface area contributed by atoms with Crippen LogP contribution < -0.4 is 0 Å². The van der Waals surface area contributed by atoms with Gasteiger partial charge in [0.1, 0.15) is 0 Å². The first-order valence-electron chi connectivity index (χ1n) is 6.90. The zero-order chi connectivity index (χ0) is 11.9. The van der Waals surface area contributed by atoms with Gasteiger partial charge in [0.15, 0.2) is 0 Å². The molecule has 0 nitrogen and oxygen atoms in total. The van der Waals surface area contributed by atoms with E-state index in [1.54, 1.807) is 0 Å². The predicted octanol–water partition coefficient (Wildman–Crippen LogP) is 5.82. The maximum absolute atomic E-state index is 2.27. The van der Waals surface area contributed by atoms with E-state index in [9.17, 15) is 0 Å². The highest BCUT2D eigenvalue weighted by Gasteiger charge is 1.82. The molecule has 0 rings (SSSR count). The van der Waals surface area contributed by atoms with Crippen molar-refractivity contribution in [3.05, 3.63) is 36.5 Å². The van der Waals surface area contributed by atoms with Crippen LogP contribution in [0.4, 0.5) is 0 Å². The van der Waals surface area contributed by atoms with E-state index in [4.69, 9.17) is 0 Å². The Kier molecular flexibility index (Phi) is 13.5. The molecule has 0 atom stereocenters. The quantitative estimate of drug-likeness (QED) is 0.321. The van der Waals surface area contributed by atoms with Gasteiger partial charge in [-0.3, -0.25) is 0 Å².